The van der Waals surface area contributed by atoms with Gasteiger partial charge in [-0.05, 0) is 36.2 Å². The van der Waals surface area contributed by atoms with Gasteiger partial charge in [0.25, 0.3) is 0 Å². The summed E-state index contributed by atoms with van der Waals surface area (Å²) < 4.78 is 0. The Morgan fingerprint density at radius 3 is 2.55 bits per heavy atom. The number of phenols is 2. The fourth-order valence-electron chi connectivity index (χ4n) is 3.02. The standard InChI is InChI=1S/C17H18ClNO2.BrH/c1-19-8-7-12-13(9-15(20)17(21)16(12)18)14(10-19)11-5-3-2-4-6-11;/h2-6,9,14,20-21H,7-8,10H2,1H3;1H. The van der Waals surface area contributed by atoms with Crippen molar-refractivity contribution in [3.05, 3.63) is 58.1 Å². The molecule has 1 atom stereocenters. The zero-order chi connectivity index (χ0) is 15.0. The fourth-order valence-corrected chi connectivity index (χ4v) is 3.32. The number of nitrogens with zero attached hydrogens (tertiary/aromatic N) is 1. The number of hydrogen-bond acceptors (Lipinski definition) is 3. The van der Waals surface area contributed by atoms with Gasteiger partial charge in [-0.1, -0.05) is 41.9 Å². The molecule has 3 rings (SSSR count). The van der Waals surface area contributed by atoms with Crippen LogP contribution < -0.4 is 0 Å². The molecule has 5 heteroatoms. The van der Waals surface area contributed by atoms with Crippen molar-refractivity contribution >= 4 is 28.6 Å². The smallest absolute Gasteiger partial charge is 0.176 e. The first-order valence-corrected chi connectivity index (χ1v) is 7.42. The zero-order valence-corrected chi connectivity index (χ0v) is 14.8. The summed E-state index contributed by atoms with van der Waals surface area (Å²) in [6, 6.07) is 11.9. The maximum absolute atomic E-state index is 9.93. The highest BCUT2D eigenvalue weighted by Gasteiger charge is 2.27. The topological polar surface area (TPSA) is 43.7 Å². The molecule has 2 N–H and O–H groups in total. The lowest BCUT2D eigenvalue weighted by atomic mass is 9.87. The molecular formula is C17H19BrClNO2. The monoisotopic (exact) mass is 383 g/mol. The van der Waals surface area contributed by atoms with Crippen molar-refractivity contribution in [2.24, 2.45) is 0 Å². The van der Waals surface area contributed by atoms with E-state index in [0.717, 1.165) is 30.6 Å². The maximum Gasteiger partial charge on any atom is 0.176 e. The molecule has 1 heterocycles. The van der Waals surface area contributed by atoms with Crippen molar-refractivity contribution in [1.29, 1.82) is 0 Å². The third-order valence-electron chi connectivity index (χ3n) is 4.17. The summed E-state index contributed by atoms with van der Waals surface area (Å²) in [5, 5.41) is 20.1. The van der Waals surface area contributed by atoms with Crippen LogP contribution >= 0.6 is 28.6 Å². The lowest BCUT2D eigenvalue weighted by molar-refractivity contribution is 0.338. The van der Waals surface area contributed by atoms with E-state index >= 15 is 0 Å². The van der Waals surface area contributed by atoms with Crippen molar-refractivity contribution in [3.8, 4) is 11.5 Å². The molecule has 118 valence electrons. The lowest BCUT2D eigenvalue weighted by Gasteiger charge is -2.22. The SMILES string of the molecule is Br.CN1CCc2c(cc(O)c(O)c2Cl)C(c2ccccc2)C1. The van der Waals surface area contributed by atoms with Crippen molar-refractivity contribution in [1.82, 2.24) is 4.90 Å². The maximum atomic E-state index is 9.93. The Balaban J connectivity index is 0.00000176. The molecular weight excluding hydrogens is 366 g/mol. The number of halogens is 2. The van der Waals surface area contributed by atoms with Crippen molar-refractivity contribution in [2.75, 3.05) is 20.1 Å². The Morgan fingerprint density at radius 1 is 1.18 bits per heavy atom. The van der Waals surface area contributed by atoms with Crippen LogP contribution in [0.1, 0.15) is 22.6 Å². The molecule has 1 aliphatic heterocycles. The minimum Gasteiger partial charge on any atom is -0.504 e. The van der Waals surface area contributed by atoms with E-state index in [1.54, 1.807) is 6.07 Å². The van der Waals surface area contributed by atoms with Gasteiger partial charge in [-0.15, -0.1) is 17.0 Å². The van der Waals surface area contributed by atoms with Crippen LogP contribution in [-0.2, 0) is 6.42 Å². The number of benzene rings is 2. The van der Waals surface area contributed by atoms with E-state index in [2.05, 4.69) is 24.1 Å². The van der Waals surface area contributed by atoms with Gasteiger partial charge in [0.1, 0.15) is 0 Å². The summed E-state index contributed by atoms with van der Waals surface area (Å²) in [5.74, 6) is -0.228. The van der Waals surface area contributed by atoms with Crippen LogP contribution in [0, 0.1) is 0 Å². The minimum atomic E-state index is -0.216. The van der Waals surface area contributed by atoms with Gasteiger partial charge in [-0.3, -0.25) is 0 Å². The number of hydrogen-bond donors (Lipinski definition) is 2. The second kappa shape index (κ2) is 6.90. The number of phenolic OH excluding ortho intramolecular Hbond substituents is 2. The largest absolute Gasteiger partial charge is 0.504 e. The van der Waals surface area contributed by atoms with Crippen LogP contribution in [-0.4, -0.2) is 35.3 Å². The molecule has 2 aromatic carbocycles. The minimum absolute atomic E-state index is 0. The molecule has 1 aliphatic rings. The van der Waals surface area contributed by atoms with Crippen LogP contribution in [0.5, 0.6) is 11.5 Å². The predicted molar refractivity (Wildman–Crippen MR) is 94.6 cm³/mol. The number of likely N-dealkylation sites (N-methyl/N-ethyl adjacent to an activating group) is 1. The molecule has 0 fully saturated rings. The van der Waals surface area contributed by atoms with Crippen molar-refractivity contribution in [3.63, 3.8) is 0 Å². The van der Waals surface area contributed by atoms with Gasteiger partial charge in [0, 0.05) is 19.0 Å². The predicted octanol–water partition coefficient (Wildman–Crippen LogP) is 3.95. The average molecular weight is 385 g/mol. The first kappa shape index (κ1) is 17.1. The summed E-state index contributed by atoms with van der Waals surface area (Å²) in [4.78, 5) is 2.25. The molecule has 3 nitrogen and oxygen atoms in total. The van der Waals surface area contributed by atoms with Gasteiger partial charge < -0.3 is 15.1 Å². The van der Waals surface area contributed by atoms with Crippen molar-refractivity contribution < 1.29 is 10.2 Å². The van der Waals surface area contributed by atoms with Gasteiger partial charge in [0.2, 0.25) is 0 Å². The fraction of sp³-hybridized carbons (Fsp3) is 0.294. The molecule has 1 unspecified atom stereocenters. The molecule has 0 aromatic heterocycles. The van der Waals surface area contributed by atoms with Crippen molar-refractivity contribution in [2.45, 2.75) is 12.3 Å². The van der Waals surface area contributed by atoms with Crippen LogP contribution in [0.3, 0.4) is 0 Å². The molecule has 0 saturated carbocycles. The van der Waals surface area contributed by atoms with Gasteiger partial charge >= 0.3 is 0 Å². The van der Waals surface area contributed by atoms with E-state index < -0.39 is 0 Å². The van der Waals surface area contributed by atoms with E-state index in [-0.39, 0.29) is 39.4 Å². The summed E-state index contributed by atoms with van der Waals surface area (Å²) >= 11 is 6.26. The Labute approximate surface area is 145 Å². The highest BCUT2D eigenvalue weighted by molar-refractivity contribution is 8.93. The van der Waals surface area contributed by atoms with Crippen LogP contribution in [0.4, 0.5) is 0 Å². The van der Waals surface area contributed by atoms with Gasteiger partial charge in [0.05, 0.1) is 5.02 Å². The summed E-state index contributed by atoms with van der Waals surface area (Å²) in [5.41, 5.74) is 3.13. The van der Waals surface area contributed by atoms with Crippen LogP contribution in [0.15, 0.2) is 36.4 Å². The molecule has 0 amide bonds. The molecule has 0 aliphatic carbocycles. The Morgan fingerprint density at radius 2 is 1.86 bits per heavy atom. The molecule has 22 heavy (non-hydrogen) atoms. The van der Waals surface area contributed by atoms with E-state index in [1.807, 2.05) is 18.2 Å². The average Bonchev–Trinajstić information content (AvgIpc) is 2.65. The number of rotatable bonds is 1. The van der Waals surface area contributed by atoms with Crippen LogP contribution in [0.25, 0.3) is 0 Å². The molecule has 0 spiro atoms. The zero-order valence-electron chi connectivity index (χ0n) is 12.3. The first-order chi connectivity index (χ1) is 10.1. The first-order valence-electron chi connectivity index (χ1n) is 7.04. The summed E-state index contributed by atoms with van der Waals surface area (Å²) in [7, 11) is 2.08. The number of aromatic hydroxyl groups is 2. The molecule has 0 saturated heterocycles. The highest BCUT2D eigenvalue weighted by Crippen LogP contribution is 2.43. The second-order valence-electron chi connectivity index (χ2n) is 5.60. The number of fused-ring (bicyclic) bond motifs is 1. The van der Waals surface area contributed by atoms with Gasteiger partial charge in [-0.25, -0.2) is 0 Å². The highest BCUT2D eigenvalue weighted by atomic mass is 79.9. The van der Waals surface area contributed by atoms with E-state index in [9.17, 15) is 10.2 Å². The summed E-state index contributed by atoms with van der Waals surface area (Å²) in [6.07, 6.45) is 0.766. The van der Waals surface area contributed by atoms with E-state index in [1.165, 1.54) is 5.56 Å². The van der Waals surface area contributed by atoms with E-state index in [4.69, 9.17) is 11.6 Å². The Hall–Kier alpha value is -1.23. The molecule has 0 bridgehead atoms. The normalized spacial score (nSPS) is 18.2. The molecule has 2 aromatic rings. The third kappa shape index (κ3) is 3.09. The molecule has 0 radical (unpaired) electrons. The van der Waals surface area contributed by atoms with Gasteiger partial charge in [0.15, 0.2) is 11.5 Å². The lowest BCUT2D eigenvalue weighted by Crippen LogP contribution is -2.24. The Kier molecular flexibility index (Phi) is 5.37. The second-order valence-corrected chi connectivity index (χ2v) is 5.98. The Bertz CT molecular complexity index is 663. The third-order valence-corrected chi connectivity index (χ3v) is 4.58. The van der Waals surface area contributed by atoms with Crippen LogP contribution in [0.2, 0.25) is 5.02 Å². The quantitative estimate of drug-likeness (QED) is 0.732. The summed E-state index contributed by atoms with van der Waals surface area (Å²) in [6.45, 7) is 1.73. The van der Waals surface area contributed by atoms with E-state index in [0.29, 0.717) is 0 Å². The van der Waals surface area contributed by atoms with Gasteiger partial charge in [-0.2, -0.15) is 0 Å².